The van der Waals surface area contributed by atoms with Gasteiger partial charge < -0.3 is 4.74 Å². The van der Waals surface area contributed by atoms with Gasteiger partial charge in [0.2, 0.25) is 0 Å². The fourth-order valence-corrected chi connectivity index (χ4v) is 4.82. The molecule has 0 unspecified atom stereocenters. The number of benzene rings is 3. The van der Waals surface area contributed by atoms with E-state index in [1.165, 1.54) is 11.8 Å². The van der Waals surface area contributed by atoms with Crippen LogP contribution in [0.15, 0.2) is 76.6 Å². The van der Waals surface area contributed by atoms with Crippen LogP contribution in [0.4, 0.5) is 5.69 Å². The number of ether oxygens (including phenoxy) is 1. The van der Waals surface area contributed by atoms with E-state index >= 15 is 0 Å². The summed E-state index contributed by atoms with van der Waals surface area (Å²) in [4.78, 5) is 20.0. The Balaban J connectivity index is 1.53. The highest BCUT2D eigenvalue weighted by molar-refractivity contribution is 8.18. The summed E-state index contributed by atoms with van der Waals surface area (Å²) in [5.74, 6) is 0.415. The van der Waals surface area contributed by atoms with E-state index in [2.05, 4.69) is 11.1 Å². The summed E-state index contributed by atoms with van der Waals surface area (Å²) < 4.78 is 5.84. The highest BCUT2D eigenvalue weighted by atomic mass is 35.5. The Morgan fingerprint density at radius 3 is 2.60 bits per heavy atom. The van der Waals surface area contributed by atoms with Gasteiger partial charge in [-0.25, -0.2) is 4.99 Å². The van der Waals surface area contributed by atoms with Crippen molar-refractivity contribution in [1.82, 2.24) is 4.90 Å². The second kappa shape index (κ2) is 11.5. The van der Waals surface area contributed by atoms with Gasteiger partial charge in [-0.05, 0) is 72.3 Å². The van der Waals surface area contributed by atoms with Gasteiger partial charge in [-0.2, -0.15) is 5.26 Å². The lowest BCUT2D eigenvalue weighted by atomic mass is 10.1. The van der Waals surface area contributed by atoms with Crippen molar-refractivity contribution < 1.29 is 9.53 Å². The molecule has 8 heteroatoms. The SMILES string of the molecule is CCCN1C(=O)/C(=C/c2ccc(OCc3ccccc3C#N)c(Cl)c2)SC1=Nc1ccc(Cl)cc1. The Morgan fingerprint density at radius 2 is 1.89 bits per heavy atom. The first-order valence-corrected chi connectivity index (χ1v) is 12.5. The molecule has 5 nitrogen and oxygen atoms in total. The number of rotatable bonds is 7. The van der Waals surface area contributed by atoms with Crippen LogP contribution in [0.5, 0.6) is 5.75 Å². The van der Waals surface area contributed by atoms with Crippen molar-refractivity contribution in [2.24, 2.45) is 4.99 Å². The summed E-state index contributed by atoms with van der Waals surface area (Å²) in [5.41, 5.74) is 2.86. The first kappa shape index (κ1) is 24.9. The van der Waals surface area contributed by atoms with Crippen molar-refractivity contribution in [3.8, 4) is 11.8 Å². The van der Waals surface area contributed by atoms with E-state index in [-0.39, 0.29) is 12.5 Å². The van der Waals surface area contributed by atoms with Gasteiger partial charge in [0.05, 0.1) is 27.2 Å². The van der Waals surface area contributed by atoms with Crippen LogP contribution in [0.2, 0.25) is 10.0 Å². The predicted molar refractivity (Wildman–Crippen MR) is 143 cm³/mol. The minimum atomic E-state index is -0.0888. The number of carbonyl (C=O) groups excluding carboxylic acids is 1. The van der Waals surface area contributed by atoms with Crippen LogP contribution in [0, 0.1) is 11.3 Å². The molecule has 1 saturated heterocycles. The lowest BCUT2D eigenvalue weighted by molar-refractivity contribution is -0.122. The molecular formula is C27H21Cl2N3O2S. The minimum Gasteiger partial charge on any atom is -0.487 e. The third kappa shape index (κ3) is 6.07. The van der Waals surface area contributed by atoms with Gasteiger partial charge >= 0.3 is 0 Å². The number of nitriles is 1. The molecule has 4 rings (SSSR count). The van der Waals surface area contributed by atoms with E-state index in [1.54, 1.807) is 41.3 Å². The second-order valence-corrected chi connectivity index (χ2v) is 9.54. The van der Waals surface area contributed by atoms with Gasteiger partial charge in [0.1, 0.15) is 12.4 Å². The largest absolute Gasteiger partial charge is 0.487 e. The fraction of sp³-hybridized carbons (Fsp3) is 0.148. The molecule has 0 aromatic heterocycles. The number of amides is 1. The summed E-state index contributed by atoms with van der Waals surface area (Å²) in [6, 6.07) is 22.0. The standard InChI is InChI=1S/C27H21Cl2N3O2S/c1-2-13-32-26(33)25(35-27(32)31-22-10-8-21(28)9-11-22)15-18-7-12-24(23(29)14-18)34-17-20-6-4-3-5-19(20)16-30/h3-12,14-15H,2,13,17H2,1H3/b25-15-,31-27?. The van der Waals surface area contributed by atoms with E-state index < -0.39 is 0 Å². The van der Waals surface area contributed by atoms with E-state index in [4.69, 9.17) is 27.9 Å². The number of thioether (sulfide) groups is 1. The van der Waals surface area contributed by atoms with Crippen LogP contribution in [0.25, 0.3) is 6.08 Å². The number of hydrogen-bond acceptors (Lipinski definition) is 5. The van der Waals surface area contributed by atoms with E-state index in [1.807, 2.05) is 43.3 Å². The van der Waals surface area contributed by atoms with Crippen LogP contribution in [0.1, 0.15) is 30.0 Å². The van der Waals surface area contributed by atoms with Crippen LogP contribution >= 0.6 is 35.0 Å². The Bertz CT molecular complexity index is 1350. The van der Waals surface area contributed by atoms with Gasteiger partial charge in [0.25, 0.3) is 5.91 Å². The van der Waals surface area contributed by atoms with Crippen LogP contribution in [-0.4, -0.2) is 22.5 Å². The Hall–Kier alpha value is -3.24. The molecule has 1 fully saturated rings. The molecule has 3 aromatic rings. The minimum absolute atomic E-state index is 0.0888. The van der Waals surface area contributed by atoms with E-state index in [0.29, 0.717) is 38.0 Å². The third-order valence-corrected chi connectivity index (χ3v) is 6.72. The van der Waals surface area contributed by atoms with Gasteiger partial charge in [-0.1, -0.05) is 54.4 Å². The van der Waals surface area contributed by atoms with Crippen molar-refractivity contribution in [1.29, 1.82) is 5.26 Å². The van der Waals surface area contributed by atoms with Crippen molar-refractivity contribution >= 4 is 57.8 Å². The number of nitrogens with zero attached hydrogens (tertiary/aromatic N) is 3. The van der Waals surface area contributed by atoms with Gasteiger partial charge in [0, 0.05) is 17.1 Å². The van der Waals surface area contributed by atoms with Crippen molar-refractivity contribution in [3.63, 3.8) is 0 Å². The highest BCUT2D eigenvalue weighted by Crippen LogP contribution is 2.35. The van der Waals surface area contributed by atoms with Crippen molar-refractivity contribution in [2.45, 2.75) is 20.0 Å². The summed E-state index contributed by atoms with van der Waals surface area (Å²) in [5, 5.41) is 10.9. The summed E-state index contributed by atoms with van der Waals surface area (Å²) in [6.07, 6.45) is 2.62. The summed E-state index contributed by atoms with van der Waals surface area (Å²) in [6.45, 7) is 2.83. The van der Waals surface area contributed by atoms with E-state index in [9.17, 15) is 10.1 Å². The molecule has 1 aliphatic heterocycles. The molecule has 1 aliphatic rings. The molecule has 1 amide bonds. The van der Waals surface area contributed by atoms with Gasteiger partial charge in [-0.15, -0.1) is 0 Å². The first-order valence-electron chi connectivity index (χ1n) is 10.9. The molecule has 0 aliphatic carbocycles. The lowest BCUT2D eigenvalue weighted by Gasteiger charge is -2.13. The number of amidine groups is 1. The Morgan fingerprint density at radius 1 is 1.11 bits per heavy atom. The number of hydrogen-bond donors (Lipinski definition) is 0. The zero-order chi connectivity index (χ0) is 24.8. The van der Waals surface area contributed by atoms with Gasteiger partial charge in [0.15, 0.2) is 5.17 Å². The van der Waals surface area contributed by atoms with Crippen molar-refractivity contribution in [3.05, 3.63) is 98.4 Å². The number of aliphatic imine (C=N–C) groups is 1. The third-order valence-electron chi connectivity index (χ3n) is 5.16. The predicted octanol–water partition coefficient (Wildman–Crippen LogP) is 7.46. The average Bonchev–Trinajstić information content (AvgIpc) is 3.14. The maximum atomic E-state index is 13.1. The molecule has 0 N–H and O–H groups in total. The van der Waals surface area contributed by atoms with Crippen molar-refractivity contribution in [2.75, 3.05) is 6.54 Å². The second-order valence-electron chi connectivity index (χ2n) is 7.69. The average molecular weight is 522 g/mol. The Kier molecular flexibility index (Phi) is 8.14. The first-order chi connectivity index (χ1) is 17.0. The summed E-state index contributed by atoms with van der Waals surface area (Å²) >= 11 is 13.8. The van der Waals surface area contributed by atoms with Crippen LogP contribution in [0.3, 0.4) is 0 Å². The smallest absolute Gasteiger partial charge is 0.266 e. The molecule has 0 saturated carbocycles. The van der Waals surface area contributed by atoms with Gasteiger partial charge in [-0.3, -0.25) is 9.69 Å². The lowest BCUT2D eigenvalue weighted by Crippen LogP contribution is -2.29. The molecule has 0 spiro atoms. The molecule has 1 heterocycles. The molecule has 35 heavy (non-hydrogen) atoms. The highest BCUT2D eigenvalue weighted by Gasteiger charge is 2.32. The zero-order valence-corrected chi connectivity index (χ0v) is 21.2. The molecule has 0 atom stereocenters. The number of carbonyl (C=O) groups is 1. The quantitative estimate of drug-likeness (QED) is 0.302. The number of halogens is 2. The molecule has 0 radical (unpaired) electrons. The molecular weight excluding hydrogens is 501 g/mol. The zero-order valence-electron chi connectivity index (χ0n) is 18.9. The van der Waals surface area contributed by atoms with Crippen LogP contribution < -0.4 is 4.74 Å². The normalized spacial score (nSPS) is 15.6. The summed E-state index contributed by atoms with van der Waals surface area (Å²) in [7, 11) is 0. The molecule has 0 bridgehead atoms. The maximum Gasteiger partial charge on any atom is 0.266 e. The maximum absolute atomic E-state index is 13.1. The van der Waals surface area contributed by atoms with Crippen LogP contribution in [-0.2, 0) is 11.4 Å². The van der Waals surface area contributed by atoms with E-state index in [0.717, 1.165) is 23.2 Å². The molecule has 3 aromatic carbocycles. The monoisotopic (exact) mass is 521 g/mol. The Labute approximate surface area is 218 Å². The fourth-order valence-electron chi connectivity index (χ4n) is 3.42. The molecule has 176 valence electrons. The topological polar surface area (TPSA) is 65.7 Å².